The minimum absolute atomic E-state index is 0.0612. The van der Waals surface area contributed by atoms with Gasteiger partial charge in [0, 0.05) is 26.2 Å². The van der Waals surface area contributed by atoms with E-state index in [1.54, 1.807) is 12.1 Å². The summed E-state index contributed by atoms with van der Waals surface area (Å²) >= 11 is 20.0. The third-order valence-corrected chi connectivity index (χ3v) is 6.94. The van der Waals surface area contributed by atoms with Gasteiger partial charge >= 0.3 is 5.97 Å². The van der Waals surface area contributed by atoms with Crippen LogP contribution in [0.3, 0.4) is 0 Å². The number of alkyl halides is 1. The highest BCUT2D eigenvalue weighted by molar-refractivity contribution is 7.14. The van der Waals surface area contributed by atoms with Crippen LogP contribution >= 0.6 is 46.1 Å². The molecule has 3 rings (SSSR count). The van der Waals surface area contributed by atoms with Gasteiger partial charge in [0.05, 0.1) is 13.2 Å². The molecule has 1 unspecified atom stereocenters. The number of allylic oxidation sites excluding steroid dienone is 1. The van der Waals surface area contributed by atoms with Gasteiger partial charge in [-0.1, -0.05) is 41.4 Å². The molecule has 0 spiro atoms. The minimum atomic E-state index is -0.491. The van der Waals surface area contributed by atoms with Gasteiger partial charge in [0.25, 0.3) is 0 Å². The maximum Gasteiger partial charge on any atom is 0.348 e. The number of rotatable bonds is 6. The molecular formula is C22H21Cl3O3S. The summed E-state index contributed by atoms with van der Waals surface area (Å²) in [5.74, 6) is -0.288. The first-order valence-electron chi connectivity index (χ1n) is 9.18. The molecule has 3 nitrogen and oxygen atoms in total. The fourth-order valence-electron chi connectivity index (χ4n) is 3.55. The lowest BCUT2D eigenvalue weighted by atomic mass is 9.90. The number of benzene rings is 1. The normalized spacial score (nSPS) is 24.6. The van der Waals surface area contributed by atoms with E-state index in [0.717, 1.165) is 16.9 Å². The van der Waals surface area contributed by atoms with Crippen molar-refractivity contribution in [3.8, 4) is 0 Å². The first kappa shape index (κ1) is 22.4. The fourth-order valence-corrected chi connectivity index (χ4v) is 5.41. The van der Waals surface area contributed by atoms with E-state index in [1.807, 2.05) is 42.5 Å². The number of methoxy groups -OCH3 is 1. The van der Waals surface area contributed by atoms with Crippen LogP contribution in [-0.4, -0.2) is 29.7 Å². The molecule has 1 saturated carbocycles. The van der Waals surface area contributed by atoms with Crippen molar-refractivity contribution in [2.75, 3.05) is 7.11 Å². The van der Waals surface area contributed by atoms with E-state index in [4.69, 9.17) is 39.5 Å². The molecular weight excluding hydrogens is 451 g/mol. The Bertz CT molecular complexity index is 902. The molecule has 0 amide bonds. The predicted octanol–water partition coefficient (Wildman–Crippen LogP) is 6.56. The molecule has 1 fully saturated rings. The number of ether oxygens (including phenoxy) is 1. The minimum Gasteiger partial charge on any atom is -0.465 e. The van der Waals surface area contributed by atoms with Crippen LogP contribution in [-0.2, 0) is 4.74 Å². The fraction of sp³-hybridized carbons (Fsp3) is 0.318. The summed E-state index contributed by atoms with van der Waals surface area (Å²) in [6.45, 7) is 0. The zero-order chi connectivity index (χ0) is 21.0. The Morgan fingerprint density at radius 1 is 1.24 bits per heavy atom. The number of aliphatic hydroxyl groups excluding tert-OH is 1. The van der Waals surface area contributed by atoms with E-state index in [0.29, 0.717) is 21.3 Å². The zero-order valence-electron chi connectivity index (χ0n) is 15.7. The van der Waals surface area contributed by atoms with Crippen molar-refractivity contribution < 1.29 is 14.6 Å². The van der Waals surface area contributed by atoms with E-state index in [1.165, 1.54) is 18.4 Å². The molecule has 1 aromatic carbocycles. The number of thiophene rings is 1. The number of aliphatic hydroxyl groups is 1. The number of esters is 1. The molecule has 2 aromatic rings. The van der Waals surface area contributed by atoms with Crippen LogP contribution < -0.4 is 0 Å². The van der Waals surface area contributed by atoms with Crippen LogP contribution in [0, 0.1) is 11.8 Å². The monoisotopic (exact) mass is 470 g/mol. The number of halogens is 3. The Hall–Kier alpha value is -1.30. The van der Waals surface area contributed by atoms with Gasteiger partial charge in [0.1, 0.15) is 4.88 Å². The molecule has 0 bridgehead atoms. The molecule has 154 valence electrons. The zero-order valence-corrected chi connectivity index (χ0v) is 18.8. The Labute approximate surface area is 189 Å². The van der Waals surface area contributed by atoms with Crippen LogP contribution in [0.4, 0.5) is 0 Å². The van der Waals surface area contributed by atoms with E-state index in [9.17, 15) is 9.90 Å². The standard InChI is InChI=1S/C22H21Cl3O3S/c1-28-22(27)21-8-6-16(29-21)3-2-4-17-18(20(26)12-19(17)25)7-5-13-9-14(23)11-15(24)10-13/h2-3,5-11,17-20,26H,4,12H2,1H3/b3-2+,7-5+/t17?,18-,19-,20-/m1/s1. The lowest BCUT2D eigenvalue weighted by Gasteiger charge is -2.19. The Morgan fingerprint density at radius 3 is 2.66 bits per heavy atom. The highest BCUT2D eigenvalue weighted by Crippen LogP contribution is 2.40. The lowest BCUT2D eigenvalue weighted by Crippen LogP contribution is -2.18. The Morgan fingerprint density at radius 2 is 1.97 bits per heavy atom. The van der Waals surface area contributed by atoms with Crippen LogP contribution in [0.2, 0.25) is 10.0 Å². The molecule has 1 aliphatic rings. The summed E-state index contributed by atoms with van der Waals surface area (Å²) in [6, 6.07) is 8.97. The van der Waals surface area contributed by atoms with Crippen LogP contribution in [0.1, 0.15) is 33.0 Å². The number of hydrogen-bond donors (Lipinski definition) is 1. The SMILES string of the molecule is COC(=O)c1ccc(/C=C/CC2[C@H](Cl)C[C@@H](O)[C@@H]2/C=C/c2cc(Cl)cc(Cl)c2)s1. The van der Waals surface area contributed by atoms with Gasteiger partial charge in [-0.15, -0.1) is 22.9 Å². The number of carbonyl (C=O) groups is 1. The van der Waals surface area contributed by atoms with Gasteiger partial charge in [-0.25, -0.2) is 4.79 Å². The van der Waals surface area contributed by atoms with Gasteiger partial charge in [0.15, 0.2) is 0 Å². The summed E-state index contributed by atoms with van der Waals surface area (Å²) in [5, 5.41) is 11.5. The summed E-state index contributed by atoms with van der Waals surface area (Å²) < 4.78 is 4.73. The van der Waals surface area contributed by atoms with Crippen molar-refractivity contribution in [1.29, 1.82) is 0 Å². The maximum absolute atomic E-state index is 11.6. The van der Waals surface area contributed by atoms with Crippen LogP contribution in [0.5, 0.6) is 0 Å². The Kier molecular flexibility index (Phi) is 7.83. The quantitative estimate of drug-likeness (QED) is 0.383. The summed E-state index contributed by atoms with van der Waals surface area (Å²) in [6.07, 6.45) is 8.73. The molecule has 1 heterocycles. The second-order valence-corrected chi connectivity index (χ2v) is 9.50. The van der Waals surface area contributed by atoms with E-state index in [-0.39, 0.29) is 23.2 Å². The first-order chi connectivity index (χ1) is 13.9. The van der Waals surface area contributed by atoms with Gasteiger partial charge in [-0.2, -0.15) is 0 Å². The molecule has 7 heteroatoms. The van der Waals surface area contributed by atoms with E-state index < -0.39 is 6.10 Å². The number of hydrogen-bond acceptors (Lipinski definition) is 4. The third kappa shape index (κ3) is 5.87. The number of carbonyl (C=O) groups excluding carboxylic acids is 1. The van der Waals surface area contributed by atoms with Crippen molar-refractivity contribution in [2.45, 2.75) is 24.3 Å². The highest BCUT2D eigenvalue weighted by Gasteiger charge is 2.39. The van der Waals surface area contributed by atoms with Crippen molar-refractivity contribution >= 4 is 64.3 Å². The molecule has 1 aromatic heterocycles. The second-order valence-electron chi connectivity index (χ2n) is 6.95. The van der Waals surface area contributed by atoms with E-state index in [2.05, 4.69) is 0 Å². The van der Waals surface area contributed by atoms with Gasteiger partial charge in [-0.05, 0) is 60.7 Å². The molecule has 1 N–H and O–H groups in total. The lowest BCUT2D eigenvalue weighted by molar-refractivity contribution is 0.0606. The largest absolute Gasteiger partial charge is 0.465 e. The molecule has 0 aliphatic heterocycles. The maximum atomic E-state index is 11.6. The highest BCUT2D eigenvalue weighted by atomic mass is 35.5. The topological polar surface area (TPSA) is 46.5 Å². The molecule has 1 aliphatic carbocycles. The van der Waals surface area contributed by atoms with Gasteiger partial charge < -0.3 is 9.84 Å². The molecule has 4 atom stereocenters. The Balaban J connectivity index is 1.68. The van der Waals surface area contributed by atoms with Crippen LogP contribution in [0.25, 0.3) is 12.2 Å². The second kappa shape index (κ2) is 10.1. The summed E-state index contributed by atoms with van der Waals surface area (Å²) in [4.78, 5) is 13.1. The van der Waals surface area contributed by atoms with Crippen molar-refractivity contribution in [2.24, 2.45) is 11.8 Å². The molecule has 29 heavy (non-hydrogen) atoms. The van der Waals surface area contributed by atoms with Crippen LogP contribution in [0.15, 0.2) is 42.5 Å². The smallest absolute Gasteiger partial charge is 0.348 e. The summed E-state index contributed by atoms with van der Waals surface area (Å²) in [5.41, 5.74) is 0.885. The van der Waals surface area contributed by atoms with Gasteiger partial charge in [-0.3, -0.25) is 0 Å². The van der Waals surface area contributed by atoms with E-state index >= 15 is 0 Å². The van der Waals surface area contributed by atoms with Crippen molar-refractivity contribution in [1.82, 2.24) is 0 Å². The summed E-state index contributed by atoms with van der Waals surface area (Å²) in [7, 11) is 1.37. The third-order valence-electron chi connectivity index (χ3n) is 4.97. The average molecular weight is 472 g/mol. The first-order valence-corrected chi connectivity index (χ1v) is 11.2. The average Bonchev–Trinajstić information content (AvgIpc) is 3.23. The van der Waals surface area contributed by atoms with Gasteiger partial charge in [0.2, 0.25) is 0 Å². The van der Waals surface area contributed by atoms with Crippen molar-refractivity contribution in [3.05, 3.63) is 67.8 Å². The predicted molar refractivity (Wildman–Crippen MR) is 122 cm³/mol. The molecule has 0 radical (unpaired) electrons. The molecule has 0 saturated heterocycles. The van der Waals surface area contributed by atoms with Crippen molar-refractivity contribution in [3.63, 3.8) is 0 Å².